The first-order chi connectivity index (χ1) is 8.24. The molecular weight excluding hydrogens is 212 g/mol. The minimum absolute atomic E-state index is 0.0868. The molecule has 0 bridgehead atoms. The molecule has 1 fully saturated rings. The minimum Gasteiger partial charge on any atom is -0.282 e. The van der Waals surface area contributed by atoms with Gasteiger partial charge in [0.05, 0.1) is 17.8 Å². The molecule has 4 nitrogen and oxygen atoms in total. The lowest BCUT2D eigenvalue weighted by Gasteiger charge is -2.17. The van der Waals surface area contributed by atoms with Gasteiger partial charge < -0.3 is 0 Å². The lowest BCUT2D eigenvalue weighted by atomic mass is 10.2. The molecule has 2 unspecified atom stereocenters. The van der Waals surface area contributed by atoms with E-state index in [1.54, 1.807) is 0 Å². The van der Waals surface area contributed by atoms with Crippen LogP contribution in [0, 0.1) is 11.3 Å². The van der Waals surface area contributed by atoms with Crippen LogP contribution >= 0.6 is 0 Å². The van der Waals surface area contributed by atoms with Gasteiger partial charge in [-0.15, -0.1) is 0 Å². The number of aromatic nitrogens is 2. The van der Waals surface area contributed by atoms with Gasteiger partial charge >= 0.3 is 0 Å². The molecule has 1 aliphatic heterocycles. The van der Waals surface area contributed by atoms with Crippen molar-refractivity contribution in [3.8, 4) is 6.07 Å². The molecule has 2 atom stereocenters. The molecule has 92 valence electrons. The Balaban J connectivity index is 1.99. The van der Waals surface area contributed by atoms with Gasteiger partial charge in [-0.05, 0) is 38.8 Å². The van der Waals surface area contributed by atoms with E-state index < -0.39 is 0 Å². The van der Waals surface area contributed by atoms with Crippen LogP contribution < -0.4 is 0 Å². The van der Waals surface area contributed by atoms with Crippen LogP contribution in [-0.4, -0.2) is 27.3 Å². The van der Waals surface area contributed by atoms with Crippen molar-refractivity contribution in [3.05, 3.63) is 18.0 Å². The molecule has 4 heteroatoms. The third-order valence-corrected chi connectivity index (χ3v) is 3.58. The SMILES string of the molecule is CCC(C)n1ccc(CN2CCCC2C#N)n1. The lowest BCUT2D eigenvalue weighted by molar-refractivity contribution is 0.281. The van der Waals surface area contributed by atoms with Crippen LogP contribution in [0.4, 0.5) is 0 Å². The summed E-state index contributed by atoms with van der Waals surface area (Å²) in [5.41, 5.74) is 1.08. The minimum atomic E-state index is 0.0868. The van der Waals surface area contributed by atoms with E-state index in [9.17, 15) is 0 Å². The van der Waals surface area contributed by atoms with E-state index in [0.29, 0.717) is 6.04 Å². The van der Waals surface area contributed by atoms with Gasteiger partial charge in [-0.1, -0.05) is 6.92 Å². The van der Waals surface area contributed by atoms with Crippen LogP contribution in [0.2, 0.25) is 0 Å². The standard InChI is InChI=1S/C13H20N4/c1-3-11(2)17-8-6-12(15-17)10-16-7-4-5-13(16)9-14/h6,8,11,13H,3-5,7,10H2,1-2H3. The first-order valence-electron chi connectivity index (χ1n) is 6.42. The fraction of sp³-hybridized carbons (Fsp3) is 0.692. The zero-order chi connectivity index (χ0) is 12.3. The first kappa shape index (κ1) is 12.1. The topological polar surface area (TPSA) is 44.9 Å². The summed E-state index contributed by atoms with van der Waals surface area (Å²) in [5, 5.41) is 13.6. The highest BCUT2D eigenvalue weighted by atomic mass is 15.3. The predicted octanol–water partition coefficient (Wildman–Crippen LogP) is 2.34. The molecule has 1 aromatic rings. The third-order valence-electron chi connectivity index (χ3n) is 3.58. The van der Waals surface area contributed by atoms with Crippen LogP contribution in [0.5, 0.6) is 0 Å². The number of rotatable bonds is 4. The van der Waals surface area contributed by atoms with Crippen LogP contribution in [0.3, 0.4) is 0 Å². The summed E-state index contributed by atoms with van der Waals surface area (Å²) in [6.07, 6.45) is 5.26. The van der Waals surface area contributed by atoms with E-state index >= 15 is 0 Å². The number of hydrogen-bond acceptors (Lipinski definition) is 3. The quantitative estimate of drug-likeness (QED) is 0.800. The van der Waals surface area contributed by atoms with E-state index in [4.69, 9.17) is 5.26 Å². The van der Waals surface area contributed by atoms with E-state index in [2.05, 4.69) is 36.0 Å². The molecule has 1 saturated heterocycles. The van der Waals surface area contributed by atoms with Gasteiger partial charge in [0.1, 0.15) is 0 Å². The maximum Gasteiger partial charge on any atom is 0.0981 e. The van der Waals surface area contributed by atoms with Crippen molar-refractivity contribution in [3.63, 3.8) is 0 Å². The van der Waals surface area contributed by atoms with Crippen molar-refractivity contribution >= 4 is 0 Å². The van der Waals surface area contributed by atoms with Gasteiger partial charge in [-0.25, -0.2) is 0 Å². The van der Waals surface area contributed by atoms with Gasteiger partial charge in [0.2, 0.25) is 0 Å². The Kier molecular flexibility index (Phi) is 3.80. The van der Waals surface area contributed by atoms with E-state index in [1.807, 2.05) is 10.9 Å². The first-order valence-corrected chi connectivity index (χ1v) is 6.42. The number of hydrogen-bond donors (Lipinski definition) is 0. The largest absolute Gasteiger partial charge is 0.282 e. The molecule has 0 saturated carbocycles. The third kappa shape index (κ3) is 2.67. The summed E-state index contributed by atoms with van der Waals surface area (Å²) in [6, 6.07) is 4.97. The molecule has 0 aromatic carbocycles. The summed E-state index contributed by atoms with van der Waals surface area (Å²) in [4.78, 5) is 2.23. The van der Waals surface area contributed by atoms with Crippen LogP contribution in [0.25, 0.3) is 0 Å². The number of nitrogens with zero attached hydrogens (tertiary/aromatic N) is 4. The number of nitriles is 1. The summed E-state index contributed by atoms with van der Waals surface area (Å²) in [7, 11) is 0. The summed E-state index contributed by atoms with van der Waals surface area (Å²) in [5.74, 6) is 0. The smallest absolute Gasteiger partial charge is 0.0981 e. The zero-order valence-corrected chi connectivity index (χ0v) is 10.6. The molecule has 2 rings (SSSR count). The van der Waals surface area contributed by atoms with E-state index in [0.717, 1.165) is 38.0 Å². The fourth-order valence-electron chi connectivity index (χ4n) is 2.26. The van der Waals surface area contributed by atoms with Crippen molar-refractivity contribution < 1.29 is 0 Å². The normalized spacial score (nSPS) is 22.5. The maximum atomic E-state index is 9.03. The van der Waals surface area contributed by atoms with Crippen molar-refractivity contribution in [2.75, 3.05) is 6.54 Å². The molecular formula is C13H20N4. The van der Waals surface area contributed by atoms with Crippen LogP contribution in [0.1, 0.15) is 44.8 Å². The molecule has 1 aliphatic rings. The van der Waals surface area contributed by atoms with Crippen molar-refractivity contribution in [2.24, 2.45) is 0 Å². The molecule has 0 aliphatic carbocycles. The molecule has 0 amide bonds. The van der Waals surface area contributed by atoms with Crippen molar-refractivity contribution in [2.45, 2.75) is 51.7 Å². The molecule has 2 heterocycles. The highest BCUT2D eigenvalue weighted by Crippen LogP contribution is 2.19. The summed E-state index contributed by atoms with van der Waals surface area (Å²) >= 11 is 0. The summed E-state index contributed by atoms with van der Waals surface area (Å²) in [6.45, 7) is 6.17. The Labute approximate surface area is 103 Å². The maximum absolute atomic E-state index is 9.03. The average Bonchev–Trinajstić information content (AvgIpc) is 2.97. The second-order valence-electron chi connectivity index (χ2n) is 4.80. The molecule has 17 heavy (non-hydrogen) atoms. The van der Waals surface area contributed by atoms with Crippen molar-refractivity contribution in [1.29, 1.82) is 5.26 Å². The fourth-order valence-corrected chi connectivity index (χ4v) is 2.26. The molecule has 1 aromatic heterocycles. The summed E-state index contributed by atoms with van der Waals surface area (Å²) < 4.78 is 2.02. The van der Waals surface area contributed by atoms with Crippen molar-refractivity contribution in [1.82, 2.24) is 14.7 Å². The molecule has 0 spiro atoms. The van der Waals surface area contributed by atoms with Gasteiger partial charge in [-0.3, -0.25) is 9.58 Å². The second kappa shape index (κ2) is 5.33. The Hall–Kier alpha value is -1.34. The second-order valence-corrected chi connectivity index (χ2v) is 4.80. The Bertz CT molecular complexity index is 404. The van der Waals surface area contributed by atoms with Gasteiger partial charge in [0, 0.05) is 18.8 Å². The highest BCUT2D eigenvalue weighted by molar-refractivity contribution is 5.03. The monoisotopic (exact) mass is 232 g/mol. The van der Waals surface area contributed by atoms with Gasteiger partial charge in [0.15, 0.2) is 0 Å². The average molecular weight is 232 g/mol. The molecule has 0 radical (unpaired) electrons. The van der Waals surface area contributed by atoms with Crippen LogP contribution in [0.15, 0.2) is 12.3 Å². The van der Waals surface area contributed by atoms with Gasteiger partial charge in [0.25, 0.3) is 0 Å². The predicted molar refractivity (Wildman–Crippen MR) is 66.3 cm³/mol. The highest BCUT2D eigenvalue weighted by Gasteiger charge is 2.24. The Morgan fingerprint density at radius 1 is 1.65 bits per heavy atom. The van der Waals surface area contributed by atoms with E-state index in [-0.39, 0.29) is 6.04 Å². The lowest BCUT2D eigenvalue weighted by Crippen LogP contribution is -2.27. The van der Waals surface area contributed by atoms with E-state index in [1.165, 1.54) is 0 Å². The molecule has 0 N–H and O–H groups in total. The Morgan fingerprint density at radius 3 is 3.18 bits per heavy atom. The number of likely N-dealkylation sites (tertiary alicyclic amines) is 1. The zero-order valence-electron chi connectivity index (χ0n) is 10.6. The Morgan fingerprint density at radius 2 is 2.47 bits per heavy atom. The van der Waals surface area contributed by atoms with Crippen LogP contribution in [-0.2, 0) is 6.54 Å². The van der Waals surface area contributed by atoms with Gasteiger partial charge in [-0.2, -0.15) is 10.4 Å².